The van der Waals surface area contributed by atoms with E-state index in [1.54, 1.807) is 0 Å². The monoisotopic (exact) mass is 481 g/mol. The van der Waals surface area contributed by atoms with Crippen LogP contribution < -0.4 is 15.8 Å². The van der Waals surface area contributed by atoms with Gasteiger partial charge < -0.3 is 24.5 Å². The second-order valence-electron chi connectivity index (χ2n) is 8.00. The number of aromatic nitrogens is 2. The van der Waals surface area contributed by atoms with E-state index >= 15 is 0 Å². The second kappa shape index (κ2) is 8.45. The summed E-state index contributed by atoms with van der Waals surface area (Å²) in [5.41, 5.74) is 3.71. The lowest BCUT2D eigenvalue weighted by molar-refractivity contribution is 0.313. The second-order valence-corrected chi connectivity index (χ2v) is 8.91. The highest BCUT2D eigenvalue weighted by Crippen LogP contribution is 2.27. The van der Waals surface area contributed by atoms with Crippen molar-refractivity contribution in [3.8, 4) is 0 Å². The molecular weight excluding hydrogens is 458 g/mol. The minimum absolute atomic E-state index is 0.258. The number of anilines is 1. The molecule has 3 heterocycles. The summed E-state index contributed by atoms with van der Waals surface area (Å²) in [6.45, 7) is 5.43. The van der Waals surface area contributed by atoms with Crippen molar-refractivity contribution in [3.05, 3.63) is 68.7 Å². The number of benzene rings is 2. The molecular formula is C23H24BrN5O2. The van der Waals surface area contributed by atoms with Gasteiger partial charge in [-0.05, 0) is 42.9 Å². The summed E-state index contributed by atoms with van der Waals surface area (Å²) in [6, 6.07) is 14.3. The Kier molecular flexibility index (Phi) is 5.52. The highest BCUT2D eigenvalue weighted by atomic mass is 79.9. The molecule has 0 spiro atoms. The Morgan fingerprint density at radius 1 is 1.13 bits per heavy atom. The van der Waals surface area contributed by atoms with Crippen LogP contribution in [0.25, 0.3) is 22.1 Å². The molecule has 160 valence electrons. The van der Waals surface area contributed by atoms with E-state index in [0.717, 1.165) is 36.0 Å². The van der Waals surface area contributed by atoms with Crippen LogP contribution in [0.15, 0.2) is 56.1 Å². The van der Waals surface area contributed by atoms with Crippen LogP contribution in [-0.2, 0) is 13.1 Å². The van der Waals surface area contributed by atoms with Gasteiger partial charge in [0.05, 0.1) is 6.54 Å². The van der Waals surface area contributed by atoms with Crippen LogP contribution in [0.3, 0.4) is 0 Å². The Balaban J connectivity index is 1.30. The molecule has 0 saturated carbocycles. The number of piperazine rings is 1. The van der Waals surface area contributed by atoms with E-state index in [0.29, 0.717) is 30.0 Å². The number of H-pyrrole nitrogens is 1. The number of halogens is 1. The molecule has 0 radical (unpaired) electrons. The fourth-order valence-electron chi connectivity index (χ4n) is 4.01. The quantitative estimate of drug-likeness (QED) is 0.454. The molecule has 1 aliphatic rings. The van der Waals surface area contributed by atoms with Crippen LogP contribution in [0.1, 0.15) is 11.4 Å². The molecule has 2 aromatic heterocycles. The molecule has 2 N–H and O–H groups in total. The van der Waals surface area contributed by atoms with E-state index < -0.39 is 0 Å². The lowest BCUT2D eigenvalue weighted by Gasteiger charge is -2.34. The lowest BCUT2D eigenvalue weighted by atomic mass is 10.1. The molecule has 4 aromatic rings. The highest BCUT2D eigenvalue weighted by Gasteiger charge is 2.15. The molecule has 0 unspecified atom stereocenters. The zero-order chi connectivity index (χ0) is 21.4. The molecule has 0 amide bonds. The maximum absolute atomic E-state index is 12.5. The van der Waals surface area contributed by atoms with E-state index in [1.165, 1.54) is 11.3 Å². The standard InChI is InChI=1S/C23H24BrN5O2/c1-28-7-9-29(10-8-28)17-4-2-3-15(11-17)13-25-14-20-26-21-18-12-16(24)5-6-19(18)31-22(21)23(30)27-20/h2-6,11-12,25H,7-10,13-14H2,1H3,(H,26,27,30). The predicted molar refractivity (Wildman–Crippen MR) is 127 cm³/mol. The molecule has 7 nitrogen and oxygen atoms in total. The SMILES string of the molecule is CN1CCN(c2cccc(CNCc3nc4c(oc5ccc(Br)cc54)c(=O)[nH]3)c2)CC1. The van der Waals surface area contributed by atoms with Gasteiger partial charge in [0.15, 0.2) is 0 Å². The Labute approximate surface area is 188 Å². The smallest absolute Gasteiger partial charge is 0.294 e. The van der Waals surface area contributed by atoms with Gasteiger partial charge in [-0.25, -0.2) is 4.98 Å². The van der Waals surface area contributed by atoms with E-state index in [2.05, 4.69) is 72.3 Å². The number of hydrogen-bond donors (Lipinski definition) is 2. The number of furan rings is 1. The molecule has 1 saturated heterocycles. The van der Waals surface area contributed by atoms with Crippen molar-refractivity contribution in [2.45, 2.75) is 13.1 Å². The summed E-state index contributed by atoms with van der Waals surface area (Å²) < 4.78 is 6.61. The number of rotatable bonds is 5. The molecule has 1 fully saturated rings. The number of aromatic amines is 1. The number of nitrogens with zero attached hydrogens (tertiary/aromatic N) is 3. The number of nitrogens with one attached hydrogen (secondary N) is 2. The first kappa shape index (κ1) is 20.2. The summed E-state index contributed by atoms with van der Waals surface area (Å²) in [5, 5.41) is 4.23. The van der Waals surface area contributed by atoms with Crippen LogP contribution in [0.2, 0.25) is 0 Å². The normalized spacial score (nSPS) is 15.2. The molecule has 0 aliphatic carbocycles. The highest BCUT2D eigenvalue weighted by molar-refractivity contribution is 9.10. The summed E-state index contributed by atoms with van der Waals surface area (Å²) in [5.74, 6) is 0.593. The van der Waals surface area contributed by atoms with Crippen LogP contribution in [0.5, 0.6) is 0 Å². The maximum Gasteiger partial charge on any atom is 0.294 e. The molecule has 31 heavy (non-hydrogen) atoms. The van der Waals surface area contributed by atoms with E-state index in [4.69, 9.17) is 4.42 Å². The van der Waals surface area contributed by atoms with E-state index in [-0.39, 0.29) is 11.1 Å². The molecule has 0 atom stereocenters. The Hall–Kier alpha value is -2.68. The van der Waals surface area contributed by atoms with Crippen molar-refractivity contribution >= 4 is 43.7 Å². The van der Waals surface area contributed by atoms with Crippen LogP contribution in [-0.4, -0.2) is 48.1 Å². The molecule has 0 bridgehead atoms. The number of likely N-dealkylation sites (N-methyl/N-ethyl adjacent to an activating group) is 1. The third-order valence-electron chi connectivity index (χ3n) is 5.74. The maximum atomic E-state index is 12.5. The average Bonchev–Trinajstić information content (AvgIpc) is 3.13. The third kappa shape index (κ3) is 4.23. The fraction of sp³-hybridized carbons (Fsp3) is 0.304. The topological polar surface area (TPSA) is 77.4 Å². The summed E-state index contributed by atoms with van der Waals surface area (Å²) >= 11 is 3.47. The van der Waals surface area contributed by atoms with Gasteiger partial charge in [-0.1, -0.05) is 28.1 Å². The first-order chi connectivity index (χ1) is 15.1. The minimum Gasteiger partial charge on any atom is -0.449 e. The van der Waals surface area contributed by atoms with E-state index in [9.17, 15) is 4.79 Å². The Morgan fingerprint density at radius 3 is 2.81 bits per heavy atom. The van der Waals surface area contributed by atoms with Gasteiger partial charge in [0.1, 0.15) is 16.9 Å². The van der Waals surface area contributed by atoms with Crippen molar-refractivity contribution in [2.24, 2.45) is 0 Å². The third-order valence-corrected chi connectivity index (χ3v) is 6.23. The largest absolute Gasteiger partial charge is 0.449 e. The Bertz CT molecular complexity index is 1290. The van der Waals surface area contributed by atoms with Crippen molar-refractivity contribution in [3.63, 3.8) is 0 Å². The summed E-state index contributed by atoms with van der Waals surface area (Å²) in [6.07, 6.45) is 0. The van der Waals surface area contributed by atoms with Crippen molar-refractivity contribution in [1.29, 1.82) is 0 Å². The van der Waals surface area contributed by atoms with Crippen molar-refractivity contribution in [1.82, 2.24) is 20.2 Å². The van der Waals surface area contributed by atoms with Gasteiger partial charge in [-0.3, -0.25) is 4.79 Å². The van der Waals surface area contributed by atoms with Crippen LogP contribution in [0, 0.1) is 0 Å². The fourth-order valence-corrected chi connectivity index (χ4v) is 4.37. The molecule has 2 aromatic carbocycles. The van der Waals surface area contributed by atoms with Gasteiger partial charge in [-0.2, -0.15) is 0 Å². The zero-order valence-corrected chi connectivity index (χ0v) is 18.9. The van der Waals surface area contributed by atoms with Crippen molar-refractivity contribution < 1.29 is 4.42 Å². The molecule has 1 aliphatic heterocycles. The number of fused-ring (bicyclic) bond motifs is 3. The minimum atomic E-state index is -0.258. The van der Waals surface area contributed by atoms with Gasteiger partial charge in [0.2, 0.25) is 5.58 Å². The first-order valence-electron chi connectivity index (χ1n) is 10.4. The average molecular weight is 482 g/mol. The van der Waals surface area contributed by atoms with Gasteiger partial charge in [0, 0.05) is 48.3 Å². The molecule has 5 rings (SSSR count). The van der Waals surface area contributed by atoms with Crippen molar-refractivity contribution in [2.75, 3.05) is 38.1 Å². The molecule has 8 heteroatoms. The summed E-state index contributed by atoms with van der Waals surface area (Å²) in [7, 11) is 2.17. The first-order valence-corrected chi connectivity index (χ1v) is 11.2. The lowest BCUT2D eigenvalue weighted by Crippen LogP contribution is -2.44. The van der Waals surface area contributed by atoms with Crippen LogP contribution >= 0.6 is 15.9 Å². The van der Waals surface area contributed by atoms with Gasteiger partial charge in [0.25, 0.3) is 5.56 Å². The van der Waals surface area contributed by atoms with Gasteiger partial charge in [-0.15, -0.1) is 0 Å². The van der Waals surface area contributed by atoms with Gasteiger partial charge >= 0.3 is 0 Å². The van der Waals surface area contributed by atoms with Crippen LogP contribution in [0.4, 0.5) is 5.69 Å². The summed E-state index contributed by atoms with van der Waals surface area (Å²) in [4.78, 5) is 24.8. The van der Waals surface area contributed by atoms with E-state index in [1.807, 2.05) is 18.2 Å². The number of hydrogen-bond acceptors (Lipinski definition) is 6. The Morgan fingerprint density at radius 2 is 1.97 bits per heavy atom. The predicted octanol–water partition coefficient (Wildman–Crippen LogP) is 3.47. The zero-order valence-electron chi connectivity index (χ0n) is 17.3.